The van der Waals surface area contributed by atoms with E-state index >= 15 is 0 Å². The summed E-state index contributed by atoms with van der Waals surface area (Å²) >= 11 is 11.8. The molecular weight excluding hydrogens is 544 g/mol. The summed E-state index contributed by atoms with van der Waals surface area (Å²) in [5, 5.41) is 2.60. The molecule has 2 amide bonds. The van der Waals surface area contributed by atoms with E-state index in [9.17, 15) is 31.2 Å². The first-order valence-electron chi connectivity index (χ1n) is 10.7. The number of alkyl halides is 3. The topological polar surface area (TPSA) is 108 Å². The average molecular weight is 567 g/mol. The molecule has 1 unspecified atom stereocenters. The second-order valence-corrected chi connectivity index (χ2v) is 10.7. The van der Waals surface area contributed by atoms with Crippen molar-refractivity contribution in [3.63, 3.8) is 0 Å². The lowest BCUT2D eigenvalue weighted by atomic mass is 9.87. The molecule has 14 heteroatoms. The van der Waals surface area contributed by atoms with Crippen LogP contribution in [0.3, 0.4) is 0 Å². The van der Waals surface area contributed by atoms with E-state index in [0.717, 1.165) is 17.0 Å². The van der Waals surface area contributed by atoms with Crippen LogP contribution in [0, 0.1) is 5.82 Å². The van der Waals surface area contributed by atoms with E-state index in [0.29, 0.717) is 0 Å². The minimum atomic E-state index is -3.84. The molecule has 1 atom stereocenters. The van der Waals surface area contributed by atoms with Crippen molar-refractivity contribution < 1.29 is 31.2 Å². The van der Waals surface area contributed by atoms with Crippen molar-refractivity contribution in [2.75, 3.05) is 23.1 Å². The van der Waals surface area contributed by atoms with Crippen molar-refractivity contribution in [1.82, 2.24) is 15.6 Å². The Morgan fingerprint density at radius 2 is 1.83 bits per heavy atom. The average Bonchev–Trinajstić information content (AvgIpc) is 2.76. The highest BCUT2D eigenvalue weighted by atomic mass is 35.5. The van der Waals surface area contributed by atoms with Crippen LogP contribution in [0.4, 0.5) is 18.9 Å². The van der Waals surface area contributed by atoms with Gasteiger partial charge in [-0.15, -0.1) is 11.6 Å². The third-order valence-electron chi connectivity index (χ3n) is 5.31. The van der Waals surface area contributed by atoms with Crippen LogP contribution in [-0.2, 0) is 19.6 Å². The quantitative estimate of drug-likeness (QED) is 0.286. The van der Waals surface area contributed by atoms with Gasteiger partial charge in [0.1, 0.15) is 11.9 Å². The molecule has 0 heterocycles. The first-order valence-corrected chi connectivity index (χ1v) is 13.3. The molecule has 0 aliphatic heterocycles. The van der Waals surface area contributed by atoms with Gasteiger partial charge in [0.15, 0.2) is 0 Å². The highest BCUT2D eigenvalue weighted by Gasteiger charge is 2.47. The van der Waals surface area contributed by atoms with Gasteiger partial charge in [0, 0.05) is 41.0 Å². The number of carbonyl (C=O) groups excluding carboxylic acids is 2. The number of benzene rings is 2. The van der Waals surface area contributed by atoms with Crippen molar-refractivity contribution >= 4 is 50.7 Å². The zero-order valence-corrected chi connectivity index (χ0v) is 21.0. The number of nitrogens with one attached hydrogen (secondary N) is 3. The van der Waals surface area contributed by atoms with Gasteiger partial charge < -0.3 is 5.32 Å². The molecule has 36 heavy (non-hydrogen) atoms. The standard InChI is InChI=1S/C22H23Cl2F3N4O4S/c23-8-9-36(34,35)30-28-13-19(32)31(16-5-3-4-14(25)10-16)20(17-6-1-2-7-18(17)24)21(33)29-15-11-22(26,27)12-15/h1-7,10,15,20,28,30H,8-9,11-13H2,(H,29,33). The van der Waals surface area contributed by atoms with Crippen LogP contribution in [0.25, 0.3) is 0 Å². The molecule has 0 bridgehead atoms. The van der Waals surface area contributed by atoms with Gasteiger partial charge >= 0.3 is 0 Å². The Hall–Kier alpha value is -2.38. The van der Waals surface area contributed by atoms with Gasteiger partial charge in [-0.25, -0.2) is 27.0 Å². The molecule has 1 aliphatic rings. The van der Waals surface area contributed by atoms with Crippen LogP contribution in [0.1, 0.15) is 24.4 Å². The Morgan fingerprint density at radius 3 is 2.44 bits per heavy atom. The monoisotopic (exact) mass is 566 g/mol. The Labute approximate surface area is 216 Å². The predicted molar refractivity (Wildman–Crippen MR) is 130 cm³/mol. The van der Waals surface area contributed by atoms with Gasteiger partial charge in [-0.2, -0.15) is 4.83 Å². The second-order valence-electron chi connectivity index (χ2n) is 8.10. The largest absolute Gasteiger partial charge is 0.351 e. The van der Waals surface area contributed by atoms with E-state index in [-0.39, 0.29) is 22.2 Å². The lowest BCUT2D eigenvalue weighted by Crippen LogP contribution is -2.55. The number of amides is 2. The molecule has 1 saturated carbocycles. The van der Waals surface area contributed by atoms with Gasteiger partial charge in [-0.05, 0) is 24.3 Å². The van der Waals surface area contributed by atoms with Gasteiger partial charge in [-0.3, -0.25) is 14.5 Å². The Kier molecular flexibility index (Phi) is 9.23. The maximum absolute atomic E-state index is 14.1. The van der Waals surface area contributed by atoms with Crippen molar-refractivity contribution in [3.05, 3.63) is 64.9 Å². The highest BCUT2D eigenvalue weighted by molar-refractivity contribution is 7.89. The molecule has 0 radical (unpaired) electrons. The van der Waals surface area contributed by atoms with Crippen LogP contribution in [0.5, 0.6) is 0 Å². The fourth-order valence-corrected chi connectivity index (χ4v) is 5.11. The summed E-state index contributed by atoms with van der Waals surface area (Å²) in [4.78, 5) is 29.6. The van der Waals surface area contributed by atoms with Crippen LogP contribution < -0.4 is 20.5 Å². The van der Waals surface area contributed by atoms with E-state index < -0.39 is 70.8 Å². The molecular formula is C22H23Cl2F3N4O4S. The van der Waals surface area contributed by atoms with Crippen molar-refractivity contribution in [2.45, 2.75) is 30.8 Å². The summed E-state index contributed by atoms with van der Waals surface area (Å²) in [6, 6.07) is 8.60. The molecule has 8 nitrogen and oxygen atoms in total. The third-order valence-corrected chi connectivity index (χ3v) is 7.27. The fourth-order valence-electron chi connectivity index (χ4n) is 3.66. The number of hydrogen-bond donors (Lipinski definition) is 3. The number of sulfonamides is 1. The highest BCUT2D eigenvalue weighted by Crippen LogP contribution is 2.38. The van der Waals surface area contributed by atoms with E-state index in [1.54, 1.807) is 12.1 Å². The summed E-state index contributed by atoms with van der Waals surface area (Å²) in [6.45, 7) is -0.645. The third kappa shape index (κ3) is 7.32. The number of hydrazine groups is 1. The molecule has 0 spiro atoms. The summed E-state index contributed by atoms with van der Waals surface area (Å²) in [5.74, 6) is -5.87. The maximum atomic E-state index is 14.1. The summed E-state index contributed by atoms with van der Waals surface area (Å²) < 4.78 is 64.5. The lowest BCUT2D eigenvalue weighted by Gasteiger charge is -2.38. The maximum Gasteiger partial charge on any atom is 0.252 e. The van der Waals surface area contributed by atoms with Crippen LogP contribution in [0.2, 0.25) is 5.02 Å². The first kappa shape index (κ1) is 28.2. The fraction of sp³-hybridized carbons (Fsp3) is 0.364. The Morgan fingerprint density at radius 1 is 1.14 bits per heavy atom. The summed E-state index contributed by atoms with van der Waals surface area (Å²) in [7, 11) is -3.84. The van der Waals surface area contributed by atoms with Crippen LogP contribution in [-0.4, -0.2) is 50.4 Å². The van der Waals surface area contributed by atoms with Gasteiger partial charge in [-0.1, -0.05) is 35.9 Å². The van der Waals surface area contributed by atoms with Crippen molar-refractivity contribution in [3.8, 4) is 0 Å². The van der Waals surface area contributed by atoms with Gasteiger partial charge in [0.25, 0.3) is 5.92 Å². The van der Waals surface area contributed by atoms with Gasteiger partial charge in [0.05, 0.1) is 12.3 Å². The lowest BCUT2D eigenvalue weighted by molar-refractivity contribution is -0.132. The SMILES string of the molecule is O=C(NC1CC(F)(F)C1)C(c1ccccc1Cl)N(C(=O)CNNS(=O)(=O)CCCl)c1cccc(F)c1. The molecule has 0 saturated heterocycles. The number of halogens is 5. The molecule has 0 aromatic heterocycles. The molecule has 1 fully saturated rings. The minimum Gasteiger partial charge on any atom is -0.351 e. The Balaban J connectivity index is 1.97. The minimum absolute atomic E-state index is 0.0376. The number of nitrogens with zero attached hydrogens (tertiary/aromatic N) is 1. The summed E-state index contributed by atoms with van der Waals surface area (Å²) in [6.07, 6.45) is -1.13. The molecule has 1 aliphatic carbocycles. The smallest absolute Gasteiger partial charge is 0.252 e. The molecule has 3 rings (SSSR count). The Bertz CT molecular complexity index is 1210. The van der Waals surface area contributed by atoms with E-state index in [2.05, 4.69) is 10.7 Å². The van der Waals surface area contributed by atoms with Crippen molar-refractivity contribution in [2.24, 2.45) is 0 Å². The van der Waals surface area contributed by atoms with Gasteiger partial charge in [0.2, 0.25) is 21.8 Å². The normalized spacial score (nSPS) is 16.1. The number of anilines is 1. The van der Waals surface area contributed by atoms with Crippen molar-refractivity contribution in [1.29, 1.82) is 0 Å². The van der Waals surface area contributed by atoms with E-state index in [1.165, 1.54) is 24.3 Å². The number of rotatable bonds is 11. The molecule has 196 valence electrons. The second kappa shape index (κ2) is 11.8. The molecule has 2 aromatic rings. The van der Waals surface area contributed by atoms with E-state index in [4.69, 9.17) is 23.2 Å². The first-order chi connectivity index (χ1) is 16.9. The molecule has 3 N–H and O–H groups in total. The zero-order valence-electron chi connectivity index (χ0n) is 18.7. The van der Waals surface area contributed by atoms with E-state index in [1.807, 2.05) is 4.83 Å². The van der Waals surface area contributed by atoms with Crippen LogP contribution in [0.15, 0.2) is 48.5 Å². The van der Waals surface area contributed by atoms with Crippen LogP contribution >= 0.6 is 23.2 Å². The number of hydrogen-bond acceptors (Lipinski definition) is 5. The zero-order chi connectivity index (χ0) is 26.5. The summed E-state index contributed by atoms with van der Waals surface area (Å²) in [5.41, 5.74) is 2.38. The predicted octanol–water partition coefficient (Wildman–Crippen LogP) is 3.13. The number of carbonyl (C=O) groups is 2. The molecule has 2 aromatic carbocycles.